The van der Waals surface area contributed by atoms with Crippen LogP contribution in [-0.4, -0.2) is 25.2 Å². The van der Waals surface area contributed by atoms with Crippen molar-refractivity contribution in [2.75, 3.05) is 5.88 Å². The number of benzene rings is 1. The molecule has 2 heterocycles. The van der Waals surface area contributed by atoms with Crippen molar-refractivity contribution in [1.29, 1.82) is 0 Å². The van der Waals surface area contributed by atoms with E-state index in [1.807, 2.05) is 37.7 Å². The van der Waals surface area contributed by atoms with Gasteiger partial charge in [-0.15, -0.1) is 11.6 Å². The summed E-state index contributed by atoms with van der Waals surface area (Å²) in [7, 11) is 1.92. The molecular formula is C15H16Cl2N4. The molecule has 0 radical (unpaired) electrons. The first kappa shape index (κ1) is 14.4. The highest BCUT2D eigenvalue weighted by Gasteiger charge is 2.19. The van der Waals surface area contributed by atoms with Gasteiger partial charge in [-0.05, 0) is 31.5 Å². The SMILES string of the molecule is Cc1ccc(Cl)c(-n2c(CCCl)nc3c(C)nn(C)c32)c1. The largest absolute Gasteiger partial charge is 0.279 e. The van der Waals surface area contributed by atoms with Gasteiger partial charge in [0.05, 0.1) is 16.4 Å². The predicted octanol–water partition coefficient (Wildman–Crippen LogP) is 3.81. The van der Waals surface area contributed by atoms with Crippen molar-refractivity contribution in [2.45, 2.75) is 20.3 Å². The average Bonchev–Trinajstić information content (AvgIpc) is 2.93. The summed E-state index contributed by atoms with van der Waals surface area (Å²) in [5.74, 6) is 1.42. The molecule has 0 N–H and O–H groups in total. The zero-order valence-corrected chi connectivity index (χ0v) is 13.7. The Morgan fingerprint density at radius 2 is 2.00 bits per heavy atom. The van der Waals surface area contributed by atoms with Gasteiger partial charge in [0, 0.05) is 19.3 Å². The van der Waals surface area contributed by atoms with Crippen LogP contribution in [0.5, 0.6) is 0 Å². The van der Waals surface area contributed by atoms with Crippen molar-refractivity contribution < 1.29 is 0 Å². The van der Waals surface area contributed by atoms with Gasteiger partial charge < -0.3 is 0 Å². The number of hydrogen-bond acceptors (Lipinski definition) is 2. The molecule has 0 amide bonds. The number of hydrogen-bond donors (Lipinski definition) is 0. The smallest absolute Gasteiger partial charge is 0.163 e. The summed E-state index contributed by atoms with van der Waals surface area (Å²) >= 11 is 12.3. The molecule has 0 bridgehead atoms. The fraction of sp³-hybridized carbons (Fsp3) is 0.333. The van der Waals surface area contributed by atoms with Crippen LogP contribution in [-0.2, 0) is 13.5 Å². The molecule has 3 aromatic rings. The van der Waals surface area contributed by atoms with Crippen molar-refractivity contribution in [2.24, 2.45) is 7.05 Å². The van der Waals surface area contributed by atoms with E-state index in [0.717, 1.165) is 33.9 Å². The van der Waals surface area contributed by atoms with E-state index in [9.17, 15) is 0 Å². The molecule has 6 heteroatoms. The minimum atomic E-state index is 0.513. The fourth-order valence-corrected chi connectivity index (χ4v) is 2.99. The first-order valence-electron chi connectivity index (χ1n) is 6.76. The molecule has 2 aromatic heterocycles. The normalized spacial score (nSPS) is 11.5. The van der Waals surface area contributed by atoms with Gasteiger partial charge in [0.25, 0.3) is 0 Å². The molecule has 0 saturated heterocycles. The molecule has 0 spiro atoms. The van der Waals surface area contributed by atoms with E-state index in [-0.39, 0.29) is 0 Å². The fourth-order valence-electron chi connectivity index (χ4n) is 2.62. The summed E-state index contributed by atoms with van der Waals surface area (Å²) < 4.78 is 3.90. The van der Waals surface area contributed by atoms with Gasteiger partial charge in [-0.1, -0.05) is 17.7 Å². The third kappa shape index (κ3) is 2.32. The van der Waals surface area contributed by atoms with Crippen LogP contribution in [0.3, 0.4) is 0 Å². The maximum atomic E-state index is 6.41. The number of alkyl halides is 1. The number of fused-ring (bicyclic) bond motifs is 1. The van der Waals surface area contributed by atoms with Crippen LogP contribution in [0.25, 0.3) is 16.9 Å². The van der Waals surface area contributed by atoms with Gasteiger partial charge in [0.1, 0.15) is 11.3 Å². The van der Waals surface area contributed by atoms with E-state index in [1.54, 1.807) is 0 Å². The molecule has 0 aliphatic heterocycles. The van der Waals surface area contributed by atoms with Gasteiger partial charge in [0.15, 0.2) is 5.65 Å². The van der Waals surface area contributed by atoms with Crippen LogP contribution < -0.4 is 0 Å². The Morgan fingerprint density at radius 1 is 1.24 bits per heavy atom. The highest BCUT2D eigenvalue weighted by Crippen LogP contribution is 2.29. The van der Waals surface area contributed by atoms with E-state index in [0.29, 0.717) is 17.3 Å². The van der Waals surface area contributed by atoms with E-state index in [1.165, 1.54) is 0 Å². The standard InChI is InChI=1S/C15H16Cl2N4/c1-9-4-5-11(17)12(8-9)21-13(6-7-16)18-14-10(2)19-20(3)15(14)21/h4-5,8H,6-7H2,1-3H3. The molecule has 0 saturated carbocycles. The maximum Gasteiger partial charge on any atom is 0.163 e. The van der Waals surface area contributed by atoms with Crippen LogP contribution in [0.1, 0.15) is 17.1 Å². The zero-order chi connectivity index (χ0) is 15.1. The Labute approximate surface area is 133 Å². The van der Waals surface area contributed by atoms with Crippen LogP contribution in [0.15, 0.2) is 18.2 Å². The van der Waals surface area contributed by atoms with Crippen LogP contribution >= 0.6 is 23.2 Å². The second kappa shape index (κ2) is 5.35. The summed E-state index contributed by atoms with van der Waals surface area (Å²) in [5.41, 5.74) is 4.82. The van der Waals surface area contributed by atoms with E-state index in [2.05, 4.69) is 15.7 Å². The third-order valence-electron chi connectivity index (χ3n) is 3.53. The van der Waals surface area contributed by atoms with Crippen LogP contribution in [0.2, 0.25) is 5.02 Å². The highest BCUT2D eigenvalue weighted by molar-refractivity contribution is 6.32. The lowest BCUT2D eigenvalue weighted by Crippen LogP contribution is -2.07. The molecule has 4 nitrogen and oxygen atoms in total. The lowest BCUT2D eigenvalue weighted by Gasteiger charge is -2.11. The second-order valence-electron chi connectivity index (χ2n) is 5.14. The topological polar surface area (TPSA) is 35.6 Å². The summed E-state index contributed by atoms with van der Waals surface area (Å²) in [4.78, 5) is 4.71. The van der Waals surface area contributed by atoms with Gasteiger partial charge in [0.2, 0.25) is 0 Å². The molecular weight excluding hydrogens is 307 g/mol. The number of nitrogens with zero attached hydrogens (tertiary/aromatic N) is 4. The van der Waals surface area contributed by atoms with Crippen molar-refractivity contribution in [3.8, 4) is 5.69 Å². The van der Waals surface area contributed by atoms with Crippen LogP contribution in [0, 0.1) is 13.8 Å². The molecule has 0 aliphatic carbocycles. The van der Waals surface area contributed by atoms with Crippen molar-refractivity contribution in [3.05, 3.63) is 40.3 Å². The predicted molar refractivity (Wildman–Crippen MR) is 86.7 cm³/mol. The Balaban J connectivity index is 2.38. The lowest BCUT2D eigenvalue weighted by atomic mass is 10.2. The van der Waals surface area contributed by atoms with E-state index in [4.69, 9.17) is 28.2 Å². The number of aromatic nitrogens is 4. The second-order valence-corrected chi connectivity index (χ2v) is 5.92. The lowest BCUT2D eigenvalue weighted by molar-refractivity contribution is 0.751. The minimum Gasteiger partial charge on any atom is -0.279 e. The molecule has 110 valence electrons. The molecule has 0 fully saturated rings. The summed E-state index contributed by atoms with van der Waals surface area (Å²) in [6.45, 7) is 4.01. The summed E-state index contributed by atoms with van der Waals surface area (Å²) in [5, 5.41) is 5.14. The van der Waals surface area contributed by atoms with Crippen LogP contribution in [0.4, 0.5) is 0 Å². The Bertz CT molecular complexity index is 817. The molecule has 1 aromatic carbocycles. The van der Waals surface area contributed by atoms with Gasteiger partial charge in [-0.25, -0.2) is 9.67 Å². The third-order valence-corrected chi connectivity index (χ3v) is 4.04. The van der Waals surface area contributed by atoms with Crippen molar-refractivity contribution >= 4 is 34.4 Å². The molecule has 21 heavy (non-hydrogen) atoms. The molecule has 0 atom stereocenters. The highest BCUT2D eigenvalue weighted by atomic mass is 35.5. The van der Waals surface area contributed by atoms with E-state index >= 15 is 0 Å². The van der Waals surface area contributed by atoms with Gasteiger partial charge in [-0.3, -0.25) is 4.57 Å². The Kier molecular flexibility index (Phi) is 3.68. The average molecular weight is 323 g/mol. The molecule has 0 aliphatic rings. The van der Waals surface area contributed by atoms with Gasteiger partial charge >= 0.3 is 0 Å². The summed E-state index contributed by atoms with van der Waals surface area (Å²) in [6.07, 6.45) is 0.681. The first-order valence-corrected chi connectivity index (χ1v) is 7.67. The zero-order valence-electron chi connectivity index (χ0n) is 12.2. The number of halogens is 2. The quantitative estimate of drug-likeness (QED) is 0.687. The monoisotopic (exact) mass is 322 g/mol. The van der Waals surface area contributed by atoms with E-state index < -0.39 is 0 Å². The minimum absolute atomic E-state index is 0.513. The summed E-state index contributed by atoms with van der Waals surface area (Å²) in [6, 6.07) is 5.96. The number of rotatable bonds is 3. The number of imidazole rings is 1. The maximum absolute atomic E-state index is 6.41. The molecule has 0 unspecified atom stereocenters. The van der Waals surface area contributed by atoms with Crippen molar-refractivity contribution in [3.63, 3.8) is 0 Å². The Morgan fingerprint density at radius 3 is 2.71 bits per heavy atom. The first-order chi connectivity index (χ1) is 10.0. The Hall–Kier alpha value is -1.52. The number of aryl methyl sites for hydroxylation is 4. The molecule has 3 rings (SSSR count). The van der Waals surface area contributed by atoms with Crippen molar-refractivity contribution in [1.82, 2.24) is 19.3 Å². The van der Waals surface area contributed by atoms with Gasteiger partial charge in [-0.2, -0.15) is 5.10 Å².